The van der Waals surface area contributed by atoms with E-state index in [4.69, 9.17) is 0 Å². The van der Waals surface area contributed by atoms with Gasteiger partial charge in [-0.25, -0.2) is 0 Å². The maximum Gasteiger partial charge on any atom is 0.204 e. The van der Waals surface area contributed by atoms with Gasteiger partial charge in [0.15, 0.2) is 12.7 Å². The molecule has 0 saturated carbocycles. The maximum absolute atomic E-state index is 3.87. The summed E-state index contributed by atoms with van der Waals surface area (Å²) in [5, 5.41) is 2.60. The molecule has 0 aliphatic heterocycles. The normalized spacial score (nSPS) is 10.0. The Morgan fingerprint density at radius 1 is 0.900 bits per heavy atom. The summed E-state index contributed by atoms with van der Waals surface area (Å²) >= 11 is 0. The highest BCUT2D eigenvalue weighted by Crippen LogP contribution is 2.18. The average Bonchev–Trinajstić information content (AvgIpc) is 2.48. The van der Waals surface area contributed by atoms with E-state index in [1.165, 1.54) is 16.3 Å². The third kappa shape index (κ3) is 2.73. The van der Waals surface area contributed by atoms with Gasteiger partial charge in [0, 0.05) is 23.8 Å². The number of rotatable bonds is 3. The number of pyridine rings is 1. The summed E-state index contributed by atoms with van der Waals surface area (Å²) < 4.78 is 2.22. The van der Waals surface area contributed by atoms with Crippen LogP contribution in [0.3, 0.4) is 0 Å². The molecule has 1 nitrogen and oxygen atoms in total. The predicted molar refractivity (Wildman–Crippen MR) is 79.8 cm³/mol. The van der Waals surface area contributed by atoms with Crippen LogP contribution < -0.4 is 17.0 Å². The third-order valence-corrected chi connectivity index (χ3v) is 3.41. The smallest absolute Gasteiger partial charge is 0.204 e. The highest BCUT2D eigenvalue weighted by molar-refractivity contribution is 5.85. The van der Waals surface area contributed by atoms with Crippen LogP contribution in [-0.2, 0) is 6.54 Å². The van der Waals surface area contributed by atoms with E-state index in [1.54, 1.807) is 0 Å². The van der Waals surface area contributed by atoms with Crippen molar-refractivity contribution in [1.29, 1.82) is 0 Å². The Kier molecular flexibility index (Phi) is 4.54. The van der Waals surface area contributed by atoms with Gasteiger partial charge in [-0.3, -0.25) is 0 Å². The topological polar surface area (TPSA) is 3.88 Å². The Balaban J connectivity index is 0.00000147. The van der Waals surface area contributed by atoms with E-state index >= 15 is 0 Å². The van der Waals surface area contributed by atoms with Gasteiger partial charge in [-0.2, -0.15) is 4.57 Å². The zero-order valence-corrected chi connectivity index (χ0v) is 11.9. The van der Waals surface area contributed by atoms with Crippen LogP contribution in [0.4, 0.5) is 0 Å². The molecular formula is C18H16ClN. The fourth-order valence-corrected chi connectivity index (χ4v) is 2.43. The molecular weight excluding hydrogens is 266 g/mol. The molecule has 2 aromatic carbocycles. The summed E-state index contributed by atoms with van der Waals surface area (Å²) in [6.45, 7) is 4.74. The van der Waals surface area contributed by atoms with Crippen LogP contribution in [0.2, 0.25) is 0 Å². The lowest BCUT2D eigenvalue weighted by Gasteiger charge is -2.05. The standard InChI is InChI=1S/C18H16N.ClH/c1-2-17-11-5-6-13-19(17)14-16-10-7-9-15-8-3-4-12-18(15)16;/h2-13H,1,14H2;1H/q+1;/p-1. The van der Waals surface area contributed by atoms with Crippen molar-refractivity contribution in [2.45, 2.75) is 6.54 Å². The Labute approximate surface area is 125 Å². The largest absolute Gasteiger partial charge is 1.00 e. The summed E-state index contributed by atoms with van der Waals surface area (Å²) in [6.07, 6.45) is 3.99. The van der Waals surface area contributed by atoms with E-state index in [-0.39, 0.29) is 12.4 Å². The number of halogens is 1. The number of benzene rings is 2. The second kappa shape index (κ2) is 6.36. The molecule has 1 heterocycles. The molecule has 3 aromatic rings. The van der Waals surface area contributed by atoms with Crippen LogP contribution >= 0.6 is 0 Å². The van der Waals surface area contributed by atoms with E-state index in [0.717, 1.165) is 12.2 Å². The fraction of sp³-hybridized carbons (Fsp3) is 0.0556. The lowest BCUT2D eigenvalue weighted by molar-refractivity contribution is -0.689. The number of aromatic nitrogens is 1. The van der Waals surface area contributed by atoms with E-state index in [9.17, 15) is 0 Å². The predicted octanol–water partition coefficient (Wildman–Crippen LogP) is 0.823. The van der Waals surface area contributed by atoms with Crippen molar-refractivity contribution in [3.8, 4) is 0 Å². The number of nitrogens with zero attached hydrogens (tertiary/aromatic N) is 1. The Morgan fingerprint density at radius 3 is 2.50 bits per heavy atom. The molecule has 0 aliphatic rings. The maximum atomic E-state index is 3.87. The molecule has 100 valence electrons. The molecule has 0 fully saturated rings. The third-order valence-electron chi connectivity index (χ3n) is 3.41. The summed E-state index contributed by atoms with van der Waals surface area (Å²) in [6, 6.07) is 21.2. The Morgan fingerprint density at radius 2 is 1.65 bits per heavy atom. The number of fused-ring (bicyclic) bond motifs is 1. The molecule has 2 heteroatoms. The average molecular weight is 282 g/mol. The monoisotopic (exact) mass is 281 g/mol. The fourth-order valence-electron chi connectivity index (χ4n) is 2.43. The lowest BCUT2D eigenvalue weighted by atomic mass is 10.0. The quantitative estimate of drug-likeness (QED) is 0.626. The SMILES string of the molecule is C=Cc1cccc[n+]1Cc1cccc2ccccc12.[Cl-]. The van der Waals surface area contributed by atoms with Gasteiger partial charge in [0.25, 0.3) is 0 Å². The van der Waals surface area contributed by atoms with Crippen LogP contribution in [0.25, 0.3) is 16.8 Å². The molecule has 3 rings (SSSR count). The zero-order valence-electron chi connectivity index (χ0n) is 11.2. The lowest BCUT2D eigenvalue weighted by Crippen LogP contribution is -3.00. The van der Waals surface area contributed by atoms with Gasteiger partial charge in [0.1, 0.15) is 0 Å². The summed E-state index contributed by atoms with van der Waals surface area (Å²) in [5.41, 5.74) is 2.47. The molecule has 20 heavy (non-hydrogen) atoms. The number of hydrogen-bond donors (Lipinski definition) is 0. The van der Waals surface area contributed by atoms with Crippen LogP contribution in [-0.4, -0.2) is 0 Å². The highest BCUT2D eigenvalue weighted by Gasteiger charge is 2.09. The molecule has 1 aromatic heterocycles. The van der Waals surface area contributed by atoms with Crippen molar-refractivity contribution in [1.82, 2.24) is 0 Å². The first-order chi connectivity index (χ1) is 9.38. The molecule has 0 bridgehead atoms. The van der Waals surface area contributed by atoms with Gasteiger partial charge in [-0.05, 0) is 16.8 Å². The minimum atomic E-state index is 0. The Bertz CT molecular complexity index is 729. The van der Waals surface area contributed by atoms with Gasteiger partial charge < -0.3 is 12.4 Å². The molecule has 0 unspecified atom stereocenters. The van der Waals surface area contributed by atoms with Gasteiger partial charge >= 0.3 is 0 Å². The van der Waals surface area contributed by atoms with Crippen molar-refractivity contribution < 1.29 is 17.0 Å². The van der Waals surface area contributed by atoms with E-state index < -0.39 is 0 Å². The molecule has 0 atom stereocenters. The molecule has 0 spiro atoms. The first-order valence-corrected chi connectivity index (χ1v) is 6.46. The molecule has 0 radical (unpaired) electrons. The summed E-state index contributed by atoms with van der Waals surface area (Å²) in [7, 11) is 0. The molecule has 0 aliphatic carbocycles. The first kappa shape index (κ1) is 14.3. The van der Waals surface area contributed by atoms with Crippen molar-refractivity contribution in [3.63, 3.8) is 0 Å². The van der Waals surface area contributed by atoms with Crippen molar-refractivity contribution in [3.05, 3.63) is 84.7 Å². The van der Waals surface area contributed by atoms with Crippen LogP contribution in [0, 0.1) is 0 Å². The summed E-state index contributed by atoms with van der Waals surface area (Å²) in [5.74, 6) is 0. The second-order valence-corrected chi connectivity index (χ2v) is 4.60. The summed E-state index contributed by atoms with van der Waals surface area (Å²) in [4.78, 5) is 0. The van der Waals surface area contributed by atoms with Crippen LogP contribution in [0.15, 0.2) is 73.4 Å². The molecule has 0 N–H and O–H groups in total. The highest BCUT2D eigenvalue weighted by atomic mass is 35.5. The van der Waals surface area contributed by atoms with E-state index in [1.807, 2.05) is 12.1 Å². The van der Waals surface area contributed by atoms with Crippen molar-refractivity contribution >= 4 is 16.8 Å². The zero-order chi connectivity index (χ0) is 13.1. The Hall–Kier alpha value is -2.12. The van der Waals surface area contributed by atoms with Gasteiger partial charge in [0.05, 0.1) is 0 Å². The van der Waals surface area contributed by atoms with Crippen LogP contribution in [0.1, 0.15) is 11.3 Å². The van der Waals surface area contributed by atoms with Crippen molar-refractivity contribution in [2.75, 3.05) is 0 Å². The number of hydrogen-bond acceptors (Lipinski definition) is 0. The van der Waals surface area contributed by atoms with E-state index in [2.05, 4.69) is 71.9 Å². The van der Waals surface area contributed by atoms with Crippen molar-refractivity contribution in [2.24, 2.45) is 0 Å². The van der Waals surface area contributed by atoms with Gasteiger partial charge in [-0.15, -0.1) is 0 Å². The van der Waals surface area contributed by atoms with Gasteiger partial charge in [-0.1, -0.05) is 49.0 Å². The molecule has 0 amide bonds. The first-order valence-electron chi connectivity index (χ1n) is 6.46. The van der Waals surface area contributed by atoms with Gasteiger partial charge in [0.2, 0.25) is 5.69 Å². The second-order valence-electron chi connectivity index (χ2n) is 4.60. The van der Waals surface area contributed by atoms with Crippen LogP contribution in [0.5, 0.6) is 0 Å². The van der Waals surface area contributed by atoms with E-state index in [0.29, 0.717) is 0 Å². The minimum absolute atomic E-state index is 0. The molecule has 0 saturated heterocycles. The minimum Gasteiger partial charge on any atom is -1.00 e.